The molecule has 6 N–H and O–H groups in total. The molecule has 1 saturated heterocycles. The van der Waals surface area contributed by atoms with Gasteiger partial charge < -0.3 is 35.7 Å². The van der Waals surface area contributed by atoms with E-state index < -0.39 is 28.8 Å². The molecule has 1 heterocycles. The van der Waals surface area contributed by atoms with Gasteiger partial charge in [-0.05, 0) is 24.6 Å². The first kappa shape index (κ1) is 36.4. The van der Waals surface area contributed by atoms with Gasteiger partial charge in [0.2, 0.25) is 5.91 Å². The van der Waals surface area contributed by atoms with Crippen LogP contribution >= 0.6 is 0 Å². The molecule has 0 spiro atoms. The quantitative estimate of drug-likeness (QED) is 0.119. The van der Waals surface area contributed by atoms with Gasteiger partial charge in [-0.15, -0.1) is 0 Å². The van der Waals surface area contributed by atoms with Gasteiger partial charge in [0.25, 0.3) is 5.69 Å². The molecule has 236 valence electrons. The van der Waals surface area contributed by atoms with Gasteiger partial charge in [-0.25, -0.2) is 19.2 Å². The van der Waals surface area contributed by atoms with Crippen LogP contribution in [0.2, 0.25) is 0 Å². The van der Waals surface area contributed by atoms with Crippen LogP contribution in [0.1, 0.15) is 6.42 Å². The summed E-state index contributed by atoms with van der Waals surface area (Å²) in [6.07, 6.45) is 2.84. The lowest BCUT2D eigenvalue weighted by Crippen LogP contribution is -2.55. The first-order valence-electron chi connectivity index (χ1n) is 12.8. The summed E-state index contributed by atoms with van der Waals surface area (Å²) >= 11 is 0. The predicted octanol–water partition coefficient (Wildman–Crippen LogP) is 1.53. The molecule has 1 unspecified atom stereocenters. The van der Waals surface area contributed by atoms with Gasteiger partial charge in [0.05, 0.1) is 11.5 Å². The molecule has 1 atom stereocenters. The molecule has 16 nitrogen and oxygen atoms in total. The van der Waals surface area contributed by atoms with Crippen LogP contribution < -0.4 is 10.2 Å². The molecule has 0 aliphatic carbocycles. The Balaban J connectivity index is 0.000000498. The highest BCUT2D eigenvalue weighted by atomic mass is 16.6. The third-order valence-corrected chi connectivity index (χ3v) is 5.60. The molecular formula is C28H32N4O12. The largest absolute Gasteiger partial charge is 0.478 e. The summed E-state index contributed by atoms with van der Waals surface area (Å²) in [5, 5.41) is 54.4. The van der Waals surface area contributed by atoms with Crippen LogP contribution in [0.15, 0.2) is 78.9 Å². The van der Waals surface area contributed by atoms with Crippen LogP contribution in [0.4, 0.5) is 17.1 Å². The summed E-state index contributed by atoms with van der Waals surface area (Å²) in [6, 6.07) is 16.2. The molecule has 16 heteroatoms. The zero-order valence-electron chi connectivity index (χ0n) is 23.3. The van der Waals surface area contributed by atoms with Gasteiger partial charge in [0, 0.05) is 68.3 Å². The van der Waals surface area contributed by atoms with Crippen molar-refractivity contribution >= 4 is 46.8 Å². The number of carbonyl (C=O) groups is 5. The fraction of sp³-hybridized carbons (Fsp3) is 0.250. The number of anilines is 2. The maximum Gasteiger partial charge on any atom is 0.328 e. The molecule has 0 aromatic heterocycles. The second-order valence-electron chi connectivity index (χ2n) is 8.77. The van der Waals surface area contributed by atoms with E-state index >= 15 is 0 Å². The Morgan fingerprint density at radius 1 is 0.818 bits per heavy atom. The smallest absolute Gasteiger partial charge is 0.328 e. The molecule has 3 rings (SSSR count). The topological polar surface area (TPSA) is 248 Å². The van der Waals surface area contributed by atoms with Crippen LogP contribution in [0.3, 0.4) is 0 Å². The van der Waals surface area contributed by atoms with Crippen LogP contribution in [0.25, 0.3) is 0 Å². The average Bonchev–Trinajstić information content (AvgIpc) is 2.96. The molecule has 2 aromatic rings. The van der Waals surface area contributed by atoms with Crippen molar-refractivity contribution in [1.82, 2.24) is 4.90 Å². The third-order valence-electron chi connectivity index (χ3n) is 5.60. The summed E-state index contributed by atoms with van der Waals surface area (Å²) in [4.78, 5) is 65.5. The van der Waals surface area contributed by atoms with E-state index in [2.05, 4.69) is 10.2 Å². The normalized spacial score (nSPS) is 14.5. The second-order valence-corrected chi connectivity index (χ2v) is 8.77. The van der Waals surface area contributed by atoms with Crippen LogP contribution in [0, 0.1) is 10.1 Å². The fourth-order valence-electron chi connectivity index (χ4n) is 3.84. The molecule has 1 amide bonds. The number of piperazine rings is 1. The SMILES string of the molecule is O=C(CN1CCN(c2ccccc2)C(CCO)C1)Nc1ccccc1[N+](=O)[O-].O=C(O)/C=C/C(=O)O.O=C(O)/C=C/C(=O)O. The Kier molecular flexibility index (Phi) is 16.1. The molecule has 0 radical (unpaired) electrons. The molecule has 1 aliphatic rings. The number of hydrogen-bond donors (Lipinski definition) is 6. The van der Waals surface area contributed by atoms with Crippen molar-refractivity contribution in [2.75, 3.05) is 43.0 Å². The number of rotatable bonds is 11. The number of amides is 1. The van der Waals surface area contributed by atoms with Crippen LogP contribution in [-0.4, -0.2) is 104 Å². The first-order valence-corrected chi connectivity index (χ1v) is 12.8. The maximum absolute atomic E-state index is 12.4. The Bertz CT molecular complexity index is 1280. The summed E-state index contributed by atoms with van der Waals surface area (Å²) in [5.41, 5.74) is 1.18. The van der Waals surface area contributed by atoms with Crippen molar-refractivity contribution in [2.45, 2.75) is 12.5 Å². The van der Waals surface area contributed by atoms with Crippen molar-refractivity contribution in [3.05, 3.63) is 89.0 Å². The summed E-state index contributed by atoms with van der Waals surface area (Å²) in [6.45, 7) is 2.30. The monoisotopic (exact) mass is 616 g/mol. The highest BCUT2D eigenvalue weighted by Gasteiger charge is 2.28. The predicted molar refractivity (Wildman–Crippen MR) is 156 cm³/mol. The Morgan fingerprint density at radius 2 is 1.32 bits per heavy atom. The standard InChI is InChI=1S/C20H24N4O4.2C4H4O4/c25-13-10-17-14-22(11-12-23(17)16-6-2-1-3-7-16)15-20(26)21-18-8-4-5-9-19(18)24(27)28;2*5-3(6)1-2-4(7)8/h1-9,17,25H,10-15H2,(H,21,26);2*1-2H,(H,5,6)(H,7,8)/b;2*2-1+. The van der Waals surface area contributed by atoms with Crippen molar-refractivity contribution in [2.24, 2.45) is 0 Å². The molecule has 44 heavy (non-hydrogen) atoms. The Hall–Kier alpha value is -5.61. The van der Waals surface area contributed by atoms with Gasteiger partial charge in [-0.2, -0.15) is 0 Å². The van der Waals surface area contributed by atoms with E-state index in [9.17, 15) is 39.2 Å². The summed E-state index contributed by atoms with van der Waals surface area (Å²) in [5.74, 6) is -5.31. The highest BCUT2D eigenvalue weighted by molar-refractivity contribution is 5.94. The molecule has 0 bridgehead atoms. The van der Waals surface area contributed by atoms with Crippen LogP contribution in [-0.2, 0) is 24.0 Å². The highest BCUT2D eigenvalue weighted by Crippen LogP contribution is 2.24. The van der Waals surface area contributed by atoms with E-state index in [4.69, 9.17) is 20.4 Å². The van der Waals surface area contributed by atoms with Crippen molar-refractivity contribution in [3.63, 3.8) is 0 Å². The van der Waals surface area contributed by atoms with E-state index in [0.717, 1.165) is 12.2 Å². The summed E-state index contributed by atoms with van der Waals surface area (Å²) < 4.78 is 0. The number of carboxylic acids is 4. The van der Waals surface area contributed by atoms with Crippen molar-refractivity contribution in [3.8, 4) is 0 Å². The zero-order valence-corrected chi connectivity index (χ0v) is 23.3. The molecule has 1 fully saturated rings. The zero-order chi connectivity index (χ0) is 33.1. The molecule has 2 aromatic carbocycles. The second kappa shape index (κ2) is 19.5. The number of aliphatic carboxylic acids is 4. The lowest BCUT2D eigenvalue weighted by molar-refractivity contribution is -0.383. The Labute approximate surface area is 250 Å². The number of carbonyl (C=O) groups excluding carboxylic acids is 1. The number of carboxylic acid groups (broad SMARTS) is 4. The molecular weight excluding hydrogens is 584 g/mol. The van der Waals surface area contributed by atoms with Crippen molar-refractivity contribution in [1.29, 1.82) is 0 Å². The minimum Gasteiger partial charge on any atom is -0.478 e. The number of aliphatic hydroxyl groups is 1. The lowest BCUT2D eigenvalue weighted by atomic mass is 10.1. The molecule has 0 saturated carbocycles. The number of hydrogen-bond acceptors (Lipinski definition) is 10. The van der Waals surface area contributed by atoms with E-state index in [1.807, 2.05) is 35.2 Å². The van der Waals surface area contributed by atoms with E-state index in [-0.39, 0.29) is 36.5 Å². The minimum absolute atomic E-state index is 0.0737. The van der Waals surface area contributed by atoms with E-state index in [1.54, 1.807) is 12.1 Å². The third kappa shape index (κ3) is 14.9. The number of para-hydroxylation sites is 3. The van der Waals surface area contributed by atoms with E-state index in [0.29, 0.717) is 43.8 Å². The van der Waals surface area contributed by atoms with Gasteiger partial charge in [0.15, 0.2) is 0 Å². The van der Waals surface area contributed by atoms with Gasteiger partial charge >= 0.3 is 23.9 Å². The number of nitrogens with one attached hydrogen (secondary N) is 1. The first-order chi connectivity index (χ1) is 20.8. The minimum atomic E-state index is -1.26. The lowest BCUT2D eigenvalue weighted by Gasteiger charge is -2.42. The van der Waals surface area contributed by atoms with Crippen LogP contribution in [0.5, 0.6) is 0 Å². The molecule has 1 aliphatic heterocycles. The number of nitrogens with zero attached hydrogens (tertiary/aromatic N) is 3. The summed E-state index contributed by atoms with van der Waals surface area (Å²) in [7, 11) is 0. The van der Waals surface area contributed by atoms with Gasteiger partial charge in [-0.3, -0.25) is 19.8 Å². The maximum atomic E-state index is 12.4. The number of benzene rings is 2. The number of nitro benzene ring substituents is 1. The Morgan fingerprint density at radius 3 is 1.80 bits per heavy atom. The van der Waals surface area contributed by atoms with Gasteiger partial charge in [0.1, 0.15) is 5.69 Å². The average molecular weight is 617 g/mol. The number of nitro groups is 1. The van der Waals surface area contributed by atoms with E-state index in [1.165, 1.54) is 12.1 Å². The number of aliphatic hydroxyl groups excluding tert-OH is 1. The van der Waals surface area contributed by atoms with Crippen molar-refractivity contribution < 1.29 is 54.4 Å². The fourth-order valence-corrected chi connectivity index (χ4v) is 3.84. The van der Waals surface area contributed by atoms with Gasteiger partial charge in [-0.1, -0.05) is 30.3 Å².